The molecule has 1 aliphatic heterocycles. The van der Waals surface area contributed by atoms with Crippen molar-refractivity contribution < 1.29 is 13.2 Å². The van der Waals surface area contributed by atoms with Gasteiger partial charge in [0.05, 0.1) is 5.54 Å². The van der Waals surface area contributed by atoms with Crippen molar-refractivity contribution in [3.8, 4) is 0 Å². The summed E-state index contributed by atoms with van der Waals surface area (Å²) in [6.45, 7) is 2.78. The van der Waals surface area contributed by atoms with Gasteiger partial charge in [-0.15, -0.1) is 11.3 Å². The molecule has 0 aliphatic carbocycles. The van der Waals surface area contributed by atoms with Crippen molar-refractivity contribution in [3.05, 3.63) is 16.1 Å². The standard InChI is InChI=1S/C9H11F3N2S/c1-8(3-2-4-14-8)6-5-13-7(15-6)9(10,11)12/h5,14H,2-4H2,1H3. The van der Waals surface area contributed by atoms with Crippen LogP contribution in [0.4, 0.5) is 13.2 Å². The molecule has 84 valence electrons. The van der Waals surface area contributed by atoms with Crippen LogP contribution in [0, 0.1) is 0 Å². The third-order valence-electron chi connectivity index (χ3n) is 2.66. The fourth-order valence-corrected chi connectivity index (χ4v) is 2.70. The molecule has 0 saturated carbocycles. The van der Waals surface area contributed by atoms with Crippen LogP contribution in [0.15, 0.2) is 6.20 Å². The molecule has 1 aliphatic rings. The van der Waals surface area contributed by atoms with Gasteiger partial charge in [-0.25, -0.2) is 4.98 Å². The van der Waals surface area contributed by atoms with E-state index in [1.807, 2.05) is 6.92 Å². The molecule has 1 saturated heterocycles. The molecule has 0 bridgehead atoms. The van der Waals surface area contributed by atoms with Crippen molar-refractivity contribution in [1.82, 2.24) is 10.3 Å². The Bertz CT molecular complexity index is 352. The van der Waals surface area contributed by atoms with Gasteiger partial charge >= 0.3 is 6.18 Å². The van der Waals surface area contributed by atoms with Gasteiger partial charge in [0, 0.05) is 11.1 Å². The molecule has 1 N–H and O–H groups in total. The number of nitrogens with zero attached hydrogens (tertiary/aromatic N) is 1. The van der Waals surface area contributed by atoms with E-state index < -0.39 is 11.2 Å². The van der Waals surface area contributed by atoms with Crippen molar-refractivity contribution >= 4 is 11.3 Å². The van der Waals surface area contributed by atoms with Gasteiger partial charge in [0.1, 0.15) is 0 Å². The van der Waals surface area contributed by atoms with Crippen molar-refractivity contribution in [1.29, 1.82) is 0 Å². The third kappa shape index (κ3) is 2.01. The minimum Gasteiger partial charge on any atom is -0.307 e. The van der Waals surface area contributed by atoms with E-state index in [0.29, 0.717) is 4.88 Å². The largest absolute Gasteiger partial charge is 0.443 e. The zero-order valence-corrected chi connectivity index (χ0v) is 9.00. The Morgan fingerprint density at radius 2 is 2.27 bits per heavy atom. The number of hydrogen-bond donors (Lipinski definition) is 1. The average molecular weight is 236 g/mol. The molecule has 1 aromatic rings. The quantitative estimate of drug-likeness (QED) is 0.811. The number of rotatable bonds is 1. The molecule has 1 fully saturated rings. The summed E-state index contributed by atoms with van der Waals surface area (Å²) in [5, 5.41) is 2.46. The van der Waals surface area contributed by atoms with E-state index in [2.05, 4.69) is 10.3 Å². The summed E-state index contributed by atoms with van der Waals surface area (Å²) in [5.74, 6) is 0. The number of hydrogen-bond acceptors (Lipinski definition) is 3. The molecular formula is C9H11F3N2S. The minimum absolute atomic E-state index is 0.318. The molecule has 2 nitrogen and oxygen atoms in total. The molecule has 1 aromatic heterocycles. The molecule has 2 rings (SSSR count). The summed E-state index contributed by atoms with van der Waals surface area (Å²) >= 11 is 0.737. The first kappa shape index (κ1) is 10.9. The van der Waals surface area contributed by atoms with Gasteiger partial charge in [-0.05, 0) is 26.3 Å². The predicted octanol–water partition coefficient (Wildman–Crippen LogP) is 2.76. The van der Waals surface area contributed by atoms with Gasteiger partial charge in [0.15, 0.2) is 5.01 Å². The molecule has 0 radical (unpaired) electrons. The number of thiazole rings is 1. The van der Waals surface area contributed by atoms with Crippen LogP contribution in [-0.4, -0.2) is 11.5 Å². The topological polar surface area (TPSA) is 24.9 Å². The van der Waals surface area contributed by atoms with Gasteiger partial charge in [-0.2, -0.15) is 13.2 Å². The summed E-state index contributed by atoms with van der Waals surface area (Å²) in [7, 11) is 0. The maximum atomic E-state index is 12.3. The molecule has 2 heterocycles. The Morgan fingerprint density at radius 3 is 2.73 bits per heavy atom. The lowest BCUT2D eigenvalue weighted by atomic mass is 9.99. The molecule has 1 unspecified atom stereocenters. The monoisotopic (exact) mass is 236 g/mol. The molecule has 0 spiro atoms. The second-order valence-corrected chi connectivity index (χ2v) is 4.92. The van der Waals surface area contributed by atoms with Gasteiger partial charge in [0.2, 0.25) is 0 Å². The average Bonchev–Trinajstić information content (AvgIpc) is 2.69. The van der Waals surface area contributed by atoms with Gasteiger partial charge in [0.25, 0.3) is 0 Å². The highest BCUT2D eigenvalue weighted by Crippen LogP contribution is 2.38. The minimum atomic E-state index is -4.32. The summed E-state index contributed by atoms with van der Waals surface area (Å²) in [6, 6.07) is 0. The molecule has 0 amide bonds. The van der Waals surface area contributed by atoms with E-state index in [9.17, 15) is 13.2 Å². The van der Waals surface area contributed by atoms with Crippen LogP contribution < -0.4 is 5.32 Å². The highest BCUT2D eigenvalue weighted by Gasteiger charge is 2.38. The number of aromatic nitrogens is 1. The van der Waals surface area contributed by atoms with E-state index in [1.54, 1.807) is 0 Å². The summed E-state index contributed by atoms with van der Waals surface area (Å²) < 4.78 is 37.0. The van der Waals surface area contributed by atoms with E-state index in [1.165, 1.54) is 6.20 Å². The van der Waals surface area contributed by atoms with Gasteiger partial charge in [-0.1, -0.05) is 0 Å². The maximum absolute atomic E-state index is 12.3. The Hall–Kier alpha value is -0.620. The second kappa shape index (κ2) is 3.45. The number of alkyl halides is 3. The molecule has 15 heavy (non-hydrogen) atoms. The fourth-order valence-electron chi connectivity index (χ4n) is 1.77. The number of nitrogens with one attached hydrogen (secondary N) is 1. The van der Waals surface area contributed by atoms with Crippen molar-refractivity contribution in [3.63, 3.8) is 0 Å². The smallest absolute Gasteiger partial charge is 0.307 e. The van der Waals surface area contributed by atoms with Crippen LogP contribution in [0.2, 0.25) is 0 Å². The highest BCUT2D eigenvalue weighted by atomic mass is 32.1. The molecule has 1 atom stereocenters. The zero-order chi connectivity index (χ0) is 11.1. The second-order valence-electron chi connectivity index (χ2n) is 3.89. The Kier molecular flexibility index (Phi) is 2.50. The molecular weight excluding hydrogens is 225 g/mol. The normalized spacial score (nSPS) is 27.2. The first-order chi connectivity index (χ1) is 6.92. The summed E-state index contributed by atoms with van der Waals surface area (Å²) in [4.78, 5) is 4.10. The lowest BCUT2D eigenvalue weighted by Gasteiger charge is -2.21. The first-order valence-electron chi connectivity index (χ1n) is 4.70. The van der Waals surface area contributed by atoms with Crippen LogP contribution in [0.1, 0.15) is 29.7 Å². The number of halogens is 3. The lowest BCUT2D eigenvalue weighted by Crippen LogP contribution is -2.32. The summed E-state index contributed by atoms with van der Waals surface area (Å²) in [6.07, 6.45) is -1.12. The summed E-state index contributed by atoms with van der Waals surface area (Å²) in [5.41, 5.74) is -0.318. The van der Waals surface area contributed by atoms with Crippen LogP contribution in [0.3, 0.4) is 0 Å². The Morgan fingerprint density at radius 1 is 1.53 bits per heavy atom. The van der Waals surface area contributed by atoms with Gasteiger partial charge in [-0.3, -0.25) is 0 Å². The highest BCUT2D eigenvalue weighted by molar-refractivity contribution is 7.11. The predicted molar refractivity (Wildman–Crippen MR) is 51.7 cm³/mol. The fraction of sp³-hybridized carbons (Fsp3) is 0.667. The third-order valence-corrected chi connectivity index (χ3v) is 3.97. The van der Waals surface area contributed by atoms with Crippen molar-refractivity contribution in [2.24, 2.45) is 0 Å². The molecule has 0 aromatic carbocycles. The van der Waals surface area contributed by atoms with E-state index in [0.717, 1.165) is 30.7 Å². The Labute approximate surface area is 89.5 Å². The van der Waals surface area contributed by atoms with E-state index >= 15 is 0 Å². The molecule has 6 heteroatoms. The van der Waals surface area contributed by atoms with Crippen LogP contribution >= 0.6 is 11.3 Å². The SMILES string of the molecule is CC1(c2cnc(C(F)(F)F)s2)CCCN1. The van der Waals surface area contributed by atoms with E-state index in [-0.39, 0.29) is 5.54 Å². The van der Waals surface area contributed by atoms with Crippen LogP contribution in [0.5, 0.6) is 0 Å². The van der Waals surface area contributed by atoms with Crippen molar-refractivity contribution in [2.75, 3.05) is 6.54 Å². The maximum Gasteiger partial charge on any atom is 0.443 e. The lowest BCUT2D eigenvalue weighted by molar-refractivity contribution is -0.137. The van der Waals surface area contributed by atoms with Crippen LogP contribution in [0.25, 0.3) is 0 Å². The zero-order valence-electron chi connectivity index (χ0n) is 8.19. The van der Waals surface area contributed by atoms with Crippen LogP contribution in [-0.2, 0) is 11.7 Å². The first-order valence-corrected chi connectivity index (χ1v) is 5.52. The van der Waals surface area contributed by atoms with E-state index in [4.69, 9.17) is 0 Å². The van der Waals surface area contributed by atoms with Crippen molar-refractivity contribution in [2.45, 2.75) is 31.5 Å². The van der Waals surface area contributed by atoms with Gasteiger partial charge < -0.3 is 5.32 Å². The Balaban J connectivity index is 2.27.